The highest BCUT2D eigenvalue weighted by molar-refractivity contribution is 7.15. The number of thiazole rings is 1. The Morgan fingerprint density at radius 2 is 1.78 bits per heavy atom. The number of hydrogen-bond acceptors (Lipinski definition) is 8. The Labute approximate surface area is 219 Å². The summed E-state index contributed by atoms with van der Waals surface area (Å²) in [6.45, 7) is 2.79. The van der Waals surface area contributed by atoms with Crippen LogP contribution in [-0.2, 0) is 20.7 Å². The molecule has 1 aromatic heterocycles. The summed E-state index contributed by atoms with van der Waals surface area (Å²) in [5.41, 5.74) is 0.819. The van der Waals surface area contributed by atoms with E-state index < -0.39 is 36.5 Å². The zero-order chi connectivity index (χ0) is 26.8. The molecule has 3 amide bonds. The number of nitrogens with one attached hydrogen (secondary N) is 1. The monoisotopic (exact) mass is 532 g/mol. The summed E-state index contributed by atoms with van der Waals surface area (Å²) in [6, 6.07) is 7.98. The molecule has 0 radical (unpaired) electrons. The van der Waals surface area contributed by atoms with Crippen molar-refractivity contribution in [3.8, 4) is 10.6 Å². The molecule has 3 N–H and O–H groups in total. The summed E-state index contributed by atoms with van der Waals surface area (Å²) in [5, 5.41) is 22.1. The first-order valence-corrected chi connectivity index (χ1v) is 13.0. The molecule has 0 spiro atoms. The molecule has 1 aliphatic heterocycles. The molecule has 37 heavy (non-hydrogen) atoms. The second kappa shape index (κ2) is 13.7. The van der Waals surface area contributed by atoms with E-state index in [0.717, 1.165) is 18.4 Å². The van der Waals surface area contributed by atoms with Crippen LogP contribution >= 0.6 is 11.3 Å². The Morgan fingerprint density at radius 3 is 2.41 bits per heavy atom. The molecule has 1 aromatic carbocycles. The van der Waals surface area contributed by atoms with E-state index >= 15 is 0 Å². The van der Waals surface area contributed by atoms with E-state index in [1.165, 1.54) is 21.1 Å². The molecule has 0 saturated carbocycles. The van der Waals surface area contributed by atoms with Crippen molar-refractivity contribution in [1.82, 2.24) is 20.1 Å². The quantitative estimate of drug-likeness (QED) is 0.372. The Morgan fingerprint density at radius 1 is 1.11 bits per heavy atom. The van der Waals surface area contributed by atoms with Gasteiger partial charge >= 0.3 is 12.1 Å². The lowest BCUT2D eigenvalue weighted by molar-refractivity contribution is -0.137. The van der Waals surface area contributed by atoms with Crippen LogP contribution in [0.15, 0.2) is 30.3 Å². The summed E-state index contributed by atoms with van der Waals surface area (Å²) in [5.74, 6) is -2.14. The summed E-state index contributed by atoms with van der Waals surface area (Å²) < 4.78 is 5.21. The number of carboxylic acid groups (broad SMARTS) is 1. The maximum absolute atomic E-state index is 13.1. The van der Waals surface area contributed by atoms with Crippen molar-refractivity contribution < 1.29 is 34.1 Å². The minimum absolute atomic E-state index is 0.0380. The van der Waals surface area contributed by atoms with Crippen molar-refractivity contribution in [2.24, 2.45) is 0 Å². The number of ether oxygens (including phenoxy) is 1. The molecule has 2 aromatic rings. The average molecular weight is 533 g/mol. The first kappa shape index (κ1) is 28.1. The molecule has 1 atom stereocenters. The molecule has 3 rings (SSSR count). The smallest absolute Gasteiger partial charge is 0.409 e. The Balaban J connectivity index is 1.65. The Kier molecular flexibility index (Phi) is 10.4. The van der Waals surface area contributed by atoms with Crippen LogP contribution in [-0.4, -0.2) is 94.3 Å². The first-order chi connectivity index (χ1) is 17.8. The van der Waals surface area contributed by atoms with Crippen LogP contribution < -0.4 is 5.32 Å². The number of nitrogens with zero attached hydrogens (tertiary/aromatic N) is 3. The minimum atomic E-state index is -1.20. The van der Waals surface area contributed by atoms with E-state index in [-0.39, 0.29) is 44.7 Å². The number of amides is 3. The number of aromatic nitrogens is 1. The van der Waals surface area contributed by atoms with Gasteiger partial charge in [0.2, 0.25) is 5.91 Å². The van der Waals surface area contributed by atoms with Gasteiger partial charge in [-0.2, -0.15) is 0 Å². The SMILES string of the molecule is CCCCOC(=O)N1CCN(C(=O)C(CO)NC(=O)c2nc(-c3ccccc3)sc2CCC(=O)O)CC1. The first-order valence-electron chi connectivity index (χ1n) is 12.2. The van der Waals surface area contributed by atoms with Gasteiger partial charge in [-0.15, -0.1) is 11.3 Å². The van der Waals surface area contributed by atoms with Gasteiger partial charge in [0, 0.05) is 36.6 Å². The molecule has 1 aliphatic rings. The van der Waals surface area contributed by atoms with E-state index in [9.17, 15) is 24.3 Å². The largest absolute Gasteiger partial charge is 0.481 e. The molecule has 0 bridgehead atoms. The molecule has 1 unspecified atom stereocenters. The molecule has 11 nitrogen and oxygen atoms in total. The van der Waals surface area contributed by atoms with Crippen molar-refractivity contribution in [3.05, 3.63) is 40.9 Å². The lowest BCUT2D eigenvalue weighted by Gasteiger charge is -2.35. The van der Waals surface area contributed by atoms with E-state index in [1.807, 2.05) is 37.3 Å². The van der Waals surface area contributed by atoms with Crippen LogP contribution in [0.3, 0.4) is 0 Å². The van der Waals surface area contributed by atoms with Gasteiger partial charge < -0.3 is 30.1 Å². The number of benzene rings is 1. The van der Waals surface area contributed by atoms with Gasteiger partial charge in [0.15, 0.2) is 0 Å². The molecular weight excluding hydrogens is 500 g/mol. The molecule has 200 valence electrons. The highest BCUT2D eigenvalue weighted by Crippen LogP contribution is 2.29. The number of piperazine rings is 1. The predicted molar refractivity (Wildman–Crippen MR) is 136 cm³/mol. The standard InChI is InChI=1S/C25H32N4O7S/c1-2-3-15-36-25(35)29-13-11-28(12-14-29)24(34)18(16-30)26-22(33)21-19(9-10-20(31)32)37-23(27-21)17-7-5-4-6-8-17/h4-8,18,30H,2-3,9-16H2,1H3,(H,26,33)(H,31,32). The fourth-order valence-corrected chi connectivity index (χ4v) is 4.82. The van der Waals surface area contributed by atoms with Crippen LogP contribution in [0.4, 0.5) is 4.79 Å². The molecule has 2 heterocycles. The molecule has 1 saturated heterocycles. The Hall–Kier alpha value is -3.51. The number of aliphatic hydroxyl groups is 1. The average Bonchev–Trinajstić information content (AvgIpc) is 3.35. The number of carboxylic acids is 1. The van der Waals surface area contributed by atoms with Crippen molar-refractivity contribution >= 4 is 35.2 Å². The highest BCUT2D eigenvalue weighted by atomic mass is 32.1. The molecule has 1 fully saturated rings. The second-order valence-corrected chi connectivity index (χ2v) is 9.62. The highest BCUT2D eigenvalue weighted by Gasteiger charge is 2.31. The molecule has 12 heteroatoms. The topological polar surface area (TPSA) is 149 Å². The van der Waals surface area contributed by atoms with Crippen molar-refractivity contribution in [2.75, 3.05) is 39.4 Å². The third-order valence-electron chi connectivity index (χ3n) is 5.86. The number of hydrogen-bond donors (Lipinski definition) is 3. The summed E-state index contributed by atoms with van der Waals surface area (Å²) in [7, 11) is 0. The minimum Gasteiger partial charge on any atom is -0.481 e. The maximum Gasteiger partial charge on any atom is 0.409 e. The Bertz CT molecular complexity index is 1080. The van der Waals surface area contributed by atoms with E-state index in [0.29, 0.717) is 16.5 Å². The number of aliphatic hydroxyl groups excluding tert-OH is 1. The van der Waals surface area contributed by atoms with Gasteiger partial charge in [-0.05, 0) is 12.8 Å². The number of unbranched alkanes of at least 4 members (excludes halogenated alkanes) is 1. The van der Waals surface area contributed by atoms with Gasteiger partial charge in [0.1, 0.15) is 16.7 Å². The molecular formula is C25H32N4O7S. The number of aliphatic carboxylic acids is 1. The normalized spacial score (nSPS) is 14.2. The van der Waals surface area contributed by atoms with E-state index in [4.69, 9.17) is 9.84 Å². The van der Waals surface area contributed by atoms with Gasteiger partial charge in [-0.3, -0.25) is 14.4 Å². The lowest BCUT2D eigenvalue weighted by atomic mass is 10.2. The van der Waals surface area contributed by atoms with Gasteiger partial charge in [0.05, 0.1) is 19.6 Å². The number of carbonyl (C=O) groups is 4. The van der Waals surface area contributed by atoms with Gasteiger partial charge in [-0.25, -0.2) is 9.78 Å². The maximum atomic E-state index is 13.1. The number of carbonyl (C=O) groups excluding carboxylic acids is 3. The van der Waals surface area contributed by atoms with Crippen LogP contribution in [0.2, 0.25) is 0 Å². The third-order valence-corrected chi connectivity index (χ3v) is 7.02. The predicted octanol–water partition coefficient (Wildman–Crippen LogP) is 2.00. The fourth-order valence-electron chi connectivity index (χ4n) is 3.76. The van der Waals surface area contributed by atoms with Gasteiger partial charge in [0.25, 0.3) is 5.91 Å². The summed E-state index contributed by atoms with van der Waals surface area (Å²) >= 11 is 1.22. The second-order valence-electron chi connectivity index (χ2n) is 8.54. The van der Waals surface area contributed by atoms with Crippen molar-refractivity contribution in [1.29, 1.82) is 0 Å². The van der Waals surface area contributed by atoms with E-state index in [1.54, 1.807) is 0 Å². The zero-order valence-electron chi connectivity index (χ0n) is 20.7. The van der Waals surface area contributed by atoms with Gasteiger partial charge in [-0.1, -0.05) is 43.7 Å². The lowest BCUT2D eigenvalue weighted by Crippen LogP contribution is -2.57. The van der Waals surface area contributed by atoms with Crippen LogP contribution in [0.5, 0.6) is 0 Å². The summed E-state index contributed by atoms with van der Waals surface area (Å²) in [4.78, 5) is 57.3. The van der Waals surface area contributed by atoms with Crippen LogP contribution in [0.1, 0.15) is 41.6 Å². The van der Waals surface area contributed by atoms with Crippen molar-refractivity contribution in [3.63, 3.8) is 0 Å². The number of rotatable bonds is 11. The summed E-state index contributed by atoms with van der Waals surface area (Å²) in [6.07, 6.45) is 1.21. The number of aryl methyl sites for hydroxylation is 1. The fraction of sp³-hybridized carbons (Fsp3) is 0.480. The zero-order valence-corrected chi connectivity index (χ0v) is 21.5. The van der Waals surface area contributed by atoms with Crippen molar-refractivity contribution in [2.45, 2.75) is 38.6 Å². The molecule has 0 aliphatic carbocycles. The van der Waals surface area contributed by atoms with E-state index in [2.05, 4.69) is 10.3 Å². The van der Waals surface area contributed by atoms with Crippen LogP contribution in [0.25, 0.3) is 10.6 Å². The third kappa shape index (κ3) is 7.73. The van der Waals surface area contributed by atoms with Crippen LogP contribution in [0, 0.1) is 0 Å².